The van der Waals surface area contributed by atoms with Gasteiger partial charge >= 0.3 is 6.09 Å². The molecule has 1 N–H and O–H groups in total. The van der Waals surface area contributed by atoms with E-state index in [-0.39, 0.29) is 5.69 Å². The van der Waals surface area contributed by atoms with Gasteiger partial charge in [-0.2, -0.15) is 0 Å². The van der Waals surface area contributed by atoms with Crippen LogP contribution in [-0.4, -0.2) is 43.0 Å². The van der Waals surface area contributed by atoms with Crippen LogP contribution in [0.5, 0.6) is 11.5 Å². The van der Waals surface area contributed by atoms with Crippen molar-refractivity contribution in [1.29, 1.82) is 0 Å². The highest BCUT2D eigenvalue weighted by molar-refractivity contribution is 5.85. The zero-order chi connectivity index (χ0) is 20.1. The topological polar surface area (TPSA) is 72.9 Å². The van der Waals surface area contributed by atoms with E-state index in [2.05, 4.69) is 15.2 Å². The van der Waals surface area contributed by atoms with Crippen molar-refractivity contribution < 1.29 is 23.4 Å². The van der Waals surface area contributed by atoms with E-state index in [0.29, 0.717) is 24.7 Å². The fraction of sp³-hybridized carbons (Fsp3) is 0.400. The van der Waals surface area contributed by atoms with E-state index in [1.54, 1.807) is 45.2 Å². The largest absolute Gasteiger partial charge is 0.457 e. The summed E-state index contributed by atoms with van der Waals surface area (Å²) < 4.78 is 30.5. The zero-order valence-electron chi connectivity index (χ0n) is 16.2. The molecule has 2 aromatic rings. The lowest BCUT2D eigenvalue weighted by Gasteiger charge is -2.27. The summed E-state index contributed by atoms with van der Waals surface area (Å²) in [7, 11) is 0. The van der Waals surface area contributed by atoms with Gasteiger partial charge in [-0.15, -0.1) is 0 Å². The van der Waals surface area contributed by atoms with Gasteiger partial charge in [-0.1, -0.05) is 0 Å². The van der Waals surface area contributed by atoms with Crippen LogP contribution in [0.15, 0.2) is 36.5 Å². The SMILES string of the molecule is CC(C)(C)OC(=O)Nc1ccc(Oc2ccnc(N3CCOCC3)c2)cc1F. The lowest BCUT2D eigenvalue weighted by atomic mass is 10.2. The molecule has 28 heavy (non-hydrogen) atoms. The van der Waals surface area contributed by atoms with Gasteiger partial charge in [0.2, 0.25) is 0 Å². The fourth-order valence-electron chi connectivity index (χ4n) is 2.64. The van der Waals surface area contributed by atoms with Gasteiger partial charge in [-0.25, -0.2) is 14.2 Å². The van der Waals surface area contributed by atoms with E-state index in [4.69, 9.17) is 14.2 Å². The number of halogens is 1. The van der Waals surface area contributed by atoms with Crippen LogP contribution >= 0.6 is 0 Å². The smallest absolute Gasteiger partial charge is 0.412 e. The van der Waals surface area contributed by atoms with E-state index in [1.165, 1.54) is 12.1 Å². The minimum atomic E-state index is -0.718. The zero-order valence-corrected chi connectivity index (χ0v) is 16.2. The van der Waals surface area contributed by atoms with Crippen LogP contribution in [0.2, 0.25) is 0 Å². The van der Waals surface area contributed by atoms with Gasteiger partial charge in [-0.3, -0.25) is 5.32 Å². The molecule has 0 atom stereocenters. The van der Waals surface area contributed by atoms with Crippen LogP contribution in [-0.2, 0) is 9.47 Å². The maximum atomic E-state index is 14.3. The van der Waals surface area contributed by atoms with E-state index < -0.39 is 17.5 Å². The van der Waals surface area contributed by atoms with Crippen molar-refractivity contribution in [3.05, 3.63) is 42.3 Å². The number of pyridine rings is 1. The van der Waals surface area contributed by atoms with E-state index in [0.717, 1.165) is 18.9 Å². The number of carbonyl (C=O) groups excluding carboxylic acids is 1. The number of nitrogens with one attached hydrogen (secondary N) is 1. The van der Waals surface area contributed by atoms with E-state index in [9.17, 15) is 9.18 Å². The summed E-state index contributed by atoms with van der Waals surface area (Å²) in [5.74, 6) is 1.02. The second-order valence-corrected chi connectivity index (χ2v) is 7.32. The molecule has 1 aliphatic rings. The number of amides is 1. The molecule has 0 radical (unpaired) electrons. The lowest BCUT2D eigenvalue weighted by molar-refractivity contribution is 0.0635. The highest BCUT2D eigenvalue weighted by Gasteiger charge is 2.18. The number of aromatic nitrogens is 1. The number of morpholine rings is 1. The Morgan fingerprint density at radius 1 is 1.18 bits per heavy atom. The van der Waals surface area contributed by atoms with E-state index in [1.807, 2.05) is 0 Å². The average Bonchev–Trinajstić information content (AvgIpc) is 2.63. The molecule has 8 heteroatoms. The summed E-state index contributed by atoms with van der Waals surface area (Å²) in [5, 5.41) is 2.39. The van der Waals surface area contributed by atoms with Gasteiger partial charge in [-0.05, 0) is 39.0 Å². The molecule has 1 fully saturated rings. The van der Waals surface area contributed by atoms with Crippen molar-refractivity contribution in [2.24, 2.45) is 0 Å². The predicted octanol–water partition coefficient (Wildman–Crippen LogP) is 4.20. The molecule has 1 aliphatic heterocycles. The van der Waals surface area contributed by atoms with Crippen LogP contribution in [0.1, 0.15) is 20.8 Å². The monoisotopic (exact) mass is 389 g/mol. The Labute approximate surface area is 163 Å². The molecule has 150 valence electrons. The number of carbonyl (C=O) groups is 1. The van der Waals surface area contributed by atoms with Crippen molar-refractivity contribution in [2.45, 2.75) is 26.4 Å². The van der Waals surface area contributed by atoms with Crippen LogP contribution in [0.25, 0.3) is 0 Å². The normalized spacial score (nSPS) is 14.5. The number of hydrogen-bond acceptors (Lipinski definition) is 6. The fourth-order valence-corrected chi connectivity index (χ4v) is 2.64. The summed E-state index contributed by atoms with van der Waals surface area (Å²) >= 11 is 0. The van der Waals surface area contributed by atoms with Gasteiger partial charge < -0.3 is 19.1 Å². The van der Waals surface area contributed by atoms with Crippen LogP contribution < -0.4 is 15.0 Å². The Morgan fingerprint density at radius 2 is 1.89 bits per heavy atom. The summed E-state index contributed by atoms with van der Waals surface area (Å²) in [4.78, 5) is 18.2. The number of ether oxygens (including phenoxy) is 3. The molecule has 1 saturated heterocycles. The van der Waals surface area contributed by atoms with Crippen molar-refractivity contribution in [1.82, 2.24) is 4.98 Å². The molecule has 3 rings (SSSR count). The Balaban J connectivity index is 1.66. The number of anilines is 2. The third-order valence-corrected chi connectivity index (χ3v) is 3.86. The van der Waals surface area contributed by atoms with Crippen LogP contribution in [0.3, 0.4) is 0 Å². The molecule has 0 unspecified atom stereocenters. The summed E-state index contributed by atoms with van der Waals surface area (Å²) in [6, 6.07) is 7.72. The summed E-state index contributed by atoms with van der Waals surface area (Å²) in [5.41, 5.74) is -0.645. The van der Waals surface area contributed by atoms with Gasteiger partial charge in [0, 0.05) is 31.4 Å². The highest BCUT2D eigenvalue weighted by atomic mass is 19.1. The first kappa shape index (κ1) is 19.9. The second kappa shape index (κ2) is 8.43. The van der Waals surface area contributed by atoms with Crippen molar-refractivity contribution in [3.8, 4) is 11.5 Å². The van der Waals surface area contributed by atoms with Gasteiger partial charge in [0.25, 0.3) is 0 Å². The maximum absolute atomic E-state index is 14.3. The minimum Gasteiger partial charge on any atom is -0.457 e. The molecule has 0 bridgehead atoms. The molecular weight excluding hydrogens is 365 g/mol. The molecule has 1 aromatic heterocycles. The Bertz CT molecular complexity index is 832. The first-order chi connectivity index (χ1) is 13.3. The minimum absolute atomic E-state index is 0.0188. The molecule has 7 nitrogen and oxygen atoms in total. The van der Waals surface area contributed by atoms with Crippen LogP contribution in [0.4, 0.5) is 20.7 Å². The van der Waals surface area contributed by atoms with Crippen LogP contribution in [0, 0.1) is 5.82 Å². The van der Waals surface area contributed by atoms with Gasteiger partial charge in [0.1, 0.15) is 22.9 Å². The Kier molecular flexibility index (Phi) is 5.99. The molecule has 0 saturated carbocycles. The second-order valence-electron chi connectivity index (χ2n) is 7.32. The number of benzene rings is 1. The molecule has 1 amide bonds. The van der Waals surface area contributed by atoms with E-state index >= 15 is 0 Å². The average molecular weight is 389 g/mol. The van der Waals surface area contributed by atoms with Crippen molar-refractivity contribution >= 4 is 17.6 Å². The molecule has 0 spiro atoms. The number of rotatable bonds is 4. The molecular formula is C20H24FN3O4. The number of hydrogen-bond donors (Lipinski definition) is 1. The highest BCUT2D eigenvalue weighted by Crippen LogP contribution is 2.28. The van der Waals surface area contributed by atoms with Crippen molar-refractivity contribution in [2.75, 3.05) is 36.5 Å². The van der Waals surface area contributed by atoms with Gasteiger partial charge in [0.05, 0.1) is 18.9 Å². The van der Waals surface area contributed by atoms with Gasteiger partial charge in [0.15, 0.2) is 5.82 Å². The third kappa shape index (κ3) is 5.56. The predicted molar refractivity (Wildman–Crippen MR) is 104 cm³/mol. The summed E-state index contributed by atoms with van der Waals surface area (Å²) in [6.07, 6.45) is 0.930. The molecule has 0 aliphatic carbocycles. The Hall–Kier alpha value is -2.87. The molecule has 1 aromatic carbocycles. The first-order valence-electron chi connectivity index (χ1n) is 9.06. The number of nitrogens with zero attached hydrogens (tertiary/aromatic N) is 2. The molecule has 2 heterocycles. The quantitative estimate of drug-likeness (QED) is 0.845. The first-order valence-corrected chi connectivity index (χ1v) is 9.06. The summed E-state index contributed by atoms with van der Waals surface area (Å²) in [6.45, 7) is 8.04. The Morgan fingerprint density at radius 3 is 2.57 bits per heavy atom. The standard InChI is InChI=1S/C20H24FN3O4/c1-20(2,3)28-19(25)23-17-5-4-14(12-16(17)21)27-15-6-7-22-18(13-15)24-8-10-26-11-9-24/h4-7,12-13H,8-11H2,1-3H3,(H,23,25). The van der Waals surface area contributed by atoms with Crippen molar-refractivity contribution in [3.63, 3.8) is 0 Å². The lowest BCUT2D eigenvalue weighted by Crippen LogP contribution is -2.36. The third-order valence-electron chi connectivity index (χ3n) is 3.86. The maximum Gasteiger partial charge on any atom is 0.412 e.